The quantitative estimate of drug-likeness (QED) is 0.184. The number of amides is 3. The lowest BCUT2D eigenvalue weighted by Crippen LogP contribution is -2.50. The summed E-state index contributed by atoms with van der Waals surface area (Å²) in [4.78, 5) is 31.8. The van der Waals surface area contributed by atoms with Crippen molar-refractivity contribution in [2.45, 2.75) is 57.4 Å². The van der Waals surface area contributed by atoms with Crippen molar-refractivity contribution < 1.29 is 32.2 Å². The lowest BCUT2D eigenvalue weighted by atomic mass is 10.00. The van der Waals surface area contributed by atoms with Crippen LogP contribution in [0, 0.1) is 0 Å². The van der Waals surface area contributed by atoms with Gasteiger partial charge < -0.3 is 20.1 Å². The standard InChI is InChI=1S/C33H35F3N6O4S/c1-20(2)27-17-26(45-4)15-16-28(27)42-29(43)18-47-32(42)39-31(44)38-21(3)5-6-22-7-9-23(10-8-22)30-37-19-41(40-30)24-11-13-25(14-12-24)46-33(34,35)36/h7-17,19-21,32H,5-6,18H2,1-4H3,(H2,38,39,44). The number of anilines is 1. The Balaban J connectivity index is 1.13. The van der Waals surface area contributed by atoms with Gasteiger partial charge in [0.2, 0.25) is 5.91 Å². The minimum atomic E-state index is -4.76. The Labute approximate surface area is 274 Å². The number of hydrogen-bond donors (Lipinski definition) is 2. The van der Waals surface area contributed by atoms with Crippen molar-refractivity contribution in [3.8, 4) is 28.6 Å². The second-order valence-corrected chi connectivity index (χ2v) is 12.4. The number of thioether (sulfide) groups is 1. The molecule has 47 heavy (non-hydrogen) atoms. The summed E-state index contributed by atoms with van der Waals surface area (Å²) < 4.78 is 48.0. The van der Waals surface area contributed by atoms with Crippen LogP contribution < -0.4 is 25.0 Å². The molecule has 1 aromatic heterocycles. The van der Waals surface area contributed by atoms with Crippen LogP contribution in [-0.4, -0.2) is 57.5 Å². The van der Waals surface area contributed by atoms with Crippen LogP contribution in [-0.2, 0) is 11.2 Å². The van der Waals surface area contributed by atoms with E-state index in [-0.39, 0.29) is 35.4 Å². The molecule has 14 heteroatoms. The fraction of sp³-hybridized carbons (Fsp3) is 0.333. The van der Waals surface area contributed by atoms with E-state index in [0.717, 1.165) is 22.4 Å². The minimum absolute atomic E-state index is 0.0700. The number of carbonyl (C=O) groups excluding carboxylic acids is 2. The molecular formula is C33H35F3N6O4S. The molecule has 3 aromatic carbocycles. The lowest BCUT2D eigenvalue weighted by molar-refractivity contribution is -0.274. The van der Waals surface area contributed by atoms with E-state index in [2.05, 4.69) is 25.5 Å². The van der Waals surface area contributed by atoms with Gasteiger partial charge in [0.25, 0.3) is 0 Å². The predicted molar refractivity (Wildman–Crippen MR) is 174 cm³/mol. The zero-order valence-corrected chi connectivity index (χ0v) is 27.1. The maximum Gasteiger partial charge on any atom is 0.573 e. The van der Waals surface area contributed by atoms with Gasteiger partial charge in [0, 0.05) is 11.6 Å². The number of aryl methyl sites for hydroxylation is 1. The molecule has 1 fully saturated rings. The van der Waals surface area contributed by atoms with E-state index in [9.17, 15) is 22.8 Å². The molecule has 0 radical (unpaired) electrons. The highest BCUT2D eigenvalue weighted by Gasteiger charge is 2.36. The molecule has 2 atom stereocenters. The lowest BCUT2D eigenvalue weighted by Gasteiger charge is -2.28. The molecule has 1 aliphatic rings. The maximum absolute atomic E-state index is 12.9. The molecule has 3 amide bonds. The molecule has 5 rings (SSSR count). The summed E-state index contributed by atoms with van der Waals surface area (Å²) in [5, 5.41) is 10.4. The van der Waals surface area contributed by atoms with E-state index >= 15 is 0 Å². The Hall–Kier alpha value is -4.72. The number of benzene rings is 3. The topological polar surface area (TPSA) is 111 Å². The number of nitrogens with zero attached hydrogens (tertiary/aromatic N) is 4. The van der Waals surface area contributed by atoms with Gasteiger partial charge >= 0.3 is 12.4 Å². The largest absolute Gasteiger partial charge is 0.573 e. The van der Waals surface area contributed by atoms with Crippen LogP contribution in [0.3, 0.4) is 0 Å². The van der Waals surface area contributed by atoms with Gasteiger partial charge in [-0.25, -0.2) is 14.5 Å². The molecule has 4 aromatic rings. The number of urea groups is 1. The zero-order chi connectivity index (χ0) is 33.7. The normalized spacial score (nSPS) is 15.5. The molecule has 0 aliphatic carbocycles. The van der Waals surface area contributed by atoms with Crippen molar-refractivity contribution >= 4 is 29.4 Å². The number of methoxy groups -OCH3 is 1. The second-order valence-electron chi connectivity index (χ2n) is 11.3. The first-order chi connectivity index (χ1) is 22.4. The van der Waals surface area contributed by atoms with Gasteiger partial charge in [-0.3, -0.25) is 9.69 Å². The third-order valence-corrected chi connectivity index (χ3v) is 8.58. The monoisotopic (exact) mass is 668 g/mol. The van der Waals surface area contributed by atoms with Gasteiger partial charge in [-0.15, -0.1) is 30.0 Å². The molecule has 0 saturated carbocycles. The van der Waals surface area contributed by atoms with Gasteiger partial charge in [-0.2, -0.15) is 0 Å². The Morgan fingerprint density at radius 2 is 1.74 bits per heavy atom. The molecule has 2 unspecified atom stereocenters. The molecule has 2 N–H and O–H groups in total. The molecular weight excluding hydrogens is 633 g/mol. The number of rotatable bonds is 11. The highest BCUT2D eigenvalue weighted by molar-refractivity contribution is 8.01. The van der Waals surface area contributed by atoms with E-state index in [0.29, 0.717) is 30.1 Å². The molecule has 0 spiro atoms. The van der Waals surface area contributed by atoms with Crippen LogP contribution in [0.25, 0.3) is 17.1 Å². The van der Waals surface area contributed by atoms with Crippen molar-refractivity contribution in [3.05, 3.63) is 84.2 Å². The van der Waals surface area contributed by atoms with Gasteiger partial charge in [-0.1, -0.05) is 38.1 Å². The van der Waals surface area contributed by atoms with Crippen molar-refractivity contribution in [2.75, 3.05) is 17.8 Å². The van der Waals surface area contributed by atoms with E-state index in [4.69, 9.17) is 4.74 Å². The van der Waals surface area contributed by atoms with Crippen molar-refractivity contribution in [3.63, 3.8) is 0 Å². The summed E-state index contributed by atoms with van der Waals surface area (Å²) >= 11 is 1.37. The van der Waals surface area contributed by atoms with Crippen molar-refractivity contribution in [2.24, 2.45) is 0 Å². The van der Waals surface area contributed by atoms with Gasteiger partial charge in [0.1, 0.15) is 17.8 Å². The average Bonchev–Trinajstić information content (AvgIpc) is 3.66. The highest BCUT2D eigenvalue weighted by Crippen LogP contribution is 2.37. The van der Waals surface area contributed by atoms with Crippen molar-refractivity contribution in [1.29, 1.82) is 0 Å². The number of nitrogens with one attached hydrogen (secondary N) is 2. The molecule has 1 aliphatic heterocycles. The van der Waals surface area contributed by atoms with Crippen LogP contribution in [0.5, 0.6) is 11.5 Å². The Kier molecular flexibility index (Phi) is 10.3. The minimum Gasteiger partial charge on any atom is -0.497 e. The van der Waals surface area contributed by atoms with Crippen LogP contribution in [0.15, 0.2) is 73.1 Å². The number of aromatic nitrogens is 3. The van der Waals surface area contributed by atoms with E-state index < -0.39 is 11.9 Å². The van der Waals surface area contributed by atoms with Crippen LogP contribution in [0.4, 0.5) is 23.7 Å². The zero-order valence-electron chi connectivity index (χ0n) is 26.2. The van der Waals surface area contributed by atoms with Crippen LogP contribution in [0.2, 0.25) is 0 Å². The summed E-state index contributed by atoms with van der Waals surface area (Å²) in [5.74, 6) is 1.20. The maximum atomic E-state index is 12.9. The van der Waals surface area contributed by atoms with Crippen LogP contribution in [0.1, 0.15) is 44.2 Å². The summed E-state index contributed by atoms with van der Waals surface area (Å²) in [7, 11) is 1.60. The number of halogens is 3. The van der Waals surface area contributed by atoms with Crippen molar-refractivity contribution in [1.82, 2.24) is 25.4 Å². The number of alkyl halides is 3. The third-order valence-electron chi connectivity index (χ3n) is 7.52. The van der Waals surface area contributed by atoms with Gasteiger partial charge in [0.15, 0.2) is 11.3 Å². The molecule has 0 bridgehead atoms. The highest BCUT2D eigenvalue weighted by atomic mass is 32.2. The number of ether oxygens (including phenoxy) is 2. The Bertz CT molecular complexity index is 1700. The summed E-state index contributed by atoms with van der Waals surface area (Å²) in [6.45, 7) is 6.03. The Morgan fingerprint density at radius 1 is 1.04 bits per heavy atom. The average molecular weight is 669 g/mol. The molecule has 1 saturated heterocycles. The molecule has 10 nitrogen and oxygen atoms in total. The van der Waals surface area contributed by atoms with Gasteiger partial charge in [-0.05, 0) is 79.3 Å². The number of hydrogen-bond acceptors (Lipinski definition) is 7. The Morgan fingerprint density at radius 3 is 2.40 bits per heavy atom. The first-order valence-corrected chi connectivity index (χ1v) is 16.0. The first-order valence-electron chi connectivity index (χ1n) is 15.0. The van der Waals surface area contributed by atoms with E-state index in [1.807, 2.05) is 63.2 Å². The summed E-state index contributed by atoms with van der Waals surface area (Å²) in [5.41, 5.74) is 3.56. The van der Waals surface area contributed by atoms with Crippen LogP contribution >= 0.6 is 11.8 Å². The first kappa shape index (κ1) is 33.6. The summed E-state index contributed by atoms with van der Waals surface area (Å²) in [6, 6.07) is 18.2. The SMILES string of the molecule is COc1ccc(N2C(=O)CSC2NC(=O)NC(C)CCc2ccc(-c3ncn(-c4ccc(OC(F)(F)F)cc4)n3)cc2)c(C(C)C)c1. The molecule has 248 valence electrons. The van der Waals surface area contributed by atoms with Gasteiger partial charge in [0.05, 0.1) is 24.2 Å². The van der Waals surface area contributed by atoms with E-state index in [1.165, 1.54) is 47.0 Å². The summed E-state index contributed by atoms with van der Waals surface area (Å²) in [6.07, 6.45) is -1.87. The van der Waals surface area contributed by atoms with E-state index in [1.54, 1.807) is 12.0 Å². The fourth-order valence-electron chi connectivity index (χ4n) is 5.11. The number of carbonyl (C=O) groups is 2. The third kappa shape index (κ3) is 8.56. The fourth-order valence-corrected chi connectivity index (χ4v) is 6.12. The molecule has 2 heterocycles. The smallest absolute Gasteiger partial charge is 0.497 e. The predicted octanol–water partition coefficient (Wildman–Crippen LogP) is 6.65. The second kappa shape index (κ2) is 14.4.